The standard InChI is InChI=1S/C8H12N2O2S2/c1-9-4-8-10-6-2-3-14(11,12)5-7(6)13-8/h9H,2-5H2,1H3. The van der Waals surface area contributed by atoms with Gasteiger partial charge in [-0.1, -0.05) is 0 Å². The van der Waals surface area contributed by atoms with Crippen molar-refractivity contribution in [1.29, 1.82) is 0 Å². The molecule has 0 unspecified atom stereocenters. The predicted molar refractivity (Wildman–Crippen MR) is 56.1 cm³/mol. The van der Waals surface area contributed by atoms with Crippen molar-refractivity contribution >= 4 is 21.2 Å². The molecule has 0 fully saturated rings. The zero-order valence-electron chi connectivity index (χ0n) is 7.91. The average Bonchev–Trinajstić information content (AvgIpc) is 2.45. The fraction of sp³-hybridized carbons (Fsp3) is 0.625. The molecular formula is C8H12N2O2S2. The lowest BCUT2D eigenvalue weighted by atomic mass is 10.3. The monoisotopic (exact) mass is 232 g/mol. The molecule has 78 valence electrons. The molecule has 0 aliphatic carbocycles. The maximum Gasteiger partial charge on any atom is 0.155 e. The number of thiazole rings is 1. The minimum atomic E-state index is -2.85. The van der Waals surface area contributed by atoms with Crippen LogP contribution in [0.4, 0.5) is 0 Å². The lowest BCUT2D eigenvalue weighted by molar-refractivity contribution is 0.591. The van der Waals surface area contributed by atoms with Crippen molar-refractivity contribution in [2.45, 2.75) is 18.7 Å². The first-order chi connectivity index (χ1) is 6.61. The Morgan fingerprint density at radius 1 is 1.57 bits per heavy atom. The Morgan fingerprint density at radius 2 is 2.36 bits per heavy atom. The molecule has 1 aliphatic heterocycles. The summed E-state index contributed by atoms with van der Waals surface area (Å²) in [6, 6.07) is 0. The molecule has 0 amide bonds. The third kappa shape index (κ3) is 1.97. The number of aromatic nitrogens is 1. The lowest BCUT2D eigenvalue weighted by Gasteiger charge is -2.09. The molecule has 4 nitrogen and oxygen atoms in total. The van der Waals surface area contributed by atoms with Gasteiger partial charge in [0.25, 0.3) is 0 Å². The molecule has 2 rings (SSSR count). The van der Waals surface area contributed by atoms with E-state index in [4.69, 9.17) is 0 Å². The van der Waals surface area contributed by atoms with Crippen molar-refractivity contribution in [2.24, 2.45) is 0 Å². The number of hydrogen-bond donors (Lipinski definition) is 1. The minimum absolute atomic E-state index is 0.184. The summed E-state index contributed by atoms with van der Waals surface area (Å²) in [5.41, 5.74) is 0.982. The Labute approximate surface area is 87.3 Å². The summed E-state index contributed by atoms with van der Waals surface area (Å²) < 4.78 is 22.7. The predicted octanol–water partition coefficient (Wildman–Crippen LogP) is 0.333. The van der Waals surface area contributed by atoms with E-state index in [1.54, 1.807) is 0 Å². The van der Waals surface area contributed by atoms with Gasteiger partial charge in [-0.05, 0) is 7.05 Å². The van der Waals surface area contributed by atoms with E-state index in [0.29, 0.717) is 6.42 Å². The number of nitrogens with one attached hydrogen (secondary N) is 1. The van der Waals surface area contributed by atoms with Crippen LogP contribution >= 0.6 is 11.3 Å². The maximum absolute atomic E-state index is 11.3. The van der Waals surface area contributed by atoms with Crippen molar-refractivity contribution in [3.8, 4) is 0 Å². The third-order valence-electron chi connectivity index (χ3n) is 2.15. The fourth-order valence-corrected chi connectivity index (χ4v) is 4.41. The maximum atomic E-state index is 11.3. The number of fused-ring (bicyclic) bond motifs is 1. The lowest BCUT2D eigenvalue weighted by Crippen LogP contribution is -2.17. The number of aryl methyl sites for hydroxylation is 1. The van der Waals surface area contributed by atoms with Gasteiger partial charge in [-0.2, -0.15) is 0 Å². The van der Waals surface area contributed by atoms with Gasteiger partial charge in [0.2, 0.25) is 0 Å². The second-order valence-electron chi connectivity index (χ2n) is 3.35. The highest BCUT2D eigenvalue weighted by Gasteiger charge is 2.24. The number of rotatable bonds is 2. The van der Waals surface area contributed by atoms with Gasteiger partial charge in [0.05, 0.1) is 17.2 Å². The topological polar surface area (TPSA) is 59.1 Å². The SMILES string of the molecule is CNCc1nc2c(s1)CS(=O)(=O)CC2. The molecule has 0 atom stereocenters. The van der Waals surface area contributed by atoms with Gasteiger partial charge in [0.15, 0.2) is 9.84 Å². The van der Waals surface area contributed by atoms with Gasteiger partial charge in [0, 0.05) is 17.8 Å². The molecule has 0 saturated carbocycles. The van der Waals surface area contributed by atoms with Gasteiger partial charge in [-0.15, -0.1) is 11.3 Å². The second kappa shape index (κ2) is 3.60. The molecule has 14 heavy (non-hydrogen) atoms. The Hall–Kier alpha value is -0.460. The summed E-state index contributed by atoms with van der Waals surface area (Å²) >= 11 is 1.51. The minimum Gasteiger partial charge on any atom is -0.314 e. The zero-order chi connectivity index (χ0) is 10.2. The summed E-state index contributed by atoms with van der Waals surface area (Å²) in [7, 11) is -0.989. The highest BCUT2D eigenvalue weighted by molar-refractivity contribution is 7.90. The Bertz CT molecular complexity index is 436. The van der Waals surface area contributed by atoms with Crippen LogP contribution in [0.2, 0.25) is 0 Å². The zero-order valence-corrected chi connectivity index (χ0v) is 9.54. The first-order valence-corrected chi connectivity index (χ1v) is 7.07. The van der Waals surface area contributed by atoms with Crippen LogP contribution in [0.1, 0.15) is 15.6 Å². The van der Waals surface area contributed by atoms with E-state index < -0.39 is 9.84 Å². The van der Waals surface area contributed by atoms with E-state index in [1.807, 2.05) is 7.05 Å². The van der Waals surface area contributed by atoms with Crippen molar-refractivity contribution in [1.82, 2.24) is 10.3 Å². The van der Waals surface area contributed by atoms with Crippen LogP contribution in [0.15, 0.2) is 0 Å². The molecule has 1 aromatic heterocycles. The average molecular weight is 232 g/mol. The molecule has 0 saturated heterocycles. The van der Waals surface area contributed by atoms with Crippen LogP contribution in [0.25, 0.3) is 0 Å². The van der Waals surface area contributed by atoms with Gasteiger partial charge in [-0.3, -0.25) is 0 Å². The van der Waals surface area contributed by atoms with E-state index in [2.05, 4.69) is 10.3 Å². The van der Waals surface area contributed by atoms with Crippen molar-refractivity contribution < 1.29 is 8.42 Å². The quantitative estimate of drug-likeness (QED) is 0.798. The van der Waals surface area contributed by atoms with Crippen LogP contribution in [-0.2, 0) is 28.6 Å². The van der Waals surface area contributed by atoms with Gasteiger partial charge in [-0.25, -0.2) is 13.4 Å². The Balaban J connectivity index is 2.30. The summed E-state index contributed by atoms with van der Waals surface area (Å²) in [6.45, 7) is 0.720. The van der Waals surface area contributed by atoms with E-state index in [9.17, 15) is 8.42 Å². The molecule has 1 aromatic rings. The molecular weight excluding hydrogens is 220 g/mol. The molecule has 0 radical (unpaired) electrons. The summed E-state index contributed by atoms with van der Waals surface area (Å²) in [5.74, 6) is 0.437. The normalized spacial score (nSPS) is 19.2. The van der Waals surface area contributed by atoms with Crippen LogP contribution in [-0.4, -0.2) is 26.2 Å². The molecule has 6 heteroatoms. The highest BCUT2D eigenvalue weighted by atomic mass is 32.2. The van der Waals surface area contributed by atoms with Crippen molar-refractivity contribution in [3.63, 3.8) is 0 Å². The first kappa shape index (κ1) is 10.1. The Kier molecular flexibility index (Phi) is 2.59. The molecule has 2 heterocycles. The van der Waals surface area contributed by atoms with E-state index in [1.165, 1.54) is 11.3 Å². The number of nitrogens with zero attached hydrogens (tertiary/aromatic N) is 1. The molecule has 1 N–H and O–H groups in total. The summed E-state index contributed by atoms with van der Waals surface area (Å²) in [5, 5.41) is 3.99. The molecule has 0 spiro atoms. The molecule has 1 aliphatic rings. The number of sulfone groups is 1. The van der Waals surface area contributed by atoms with Crippen LogP contribution < -0.4 is 5.32 Å². The Morgan fingerprint density at radius 3 is 3.07 bits per heavy atom. The van der Waals surface area contributed by atoms with Gasteiger partial charge < -0.3 is 5.32 Å². The third-order valence-corrected chi connectivity index (χ3v) is 4.99. The first-order valence-electron chi connectivity index (χ1n) is 4.43. The molecule has 0 aromatic carbocycles. The van der Waals surface area contributed by atoms with Crippen LogP contribution in [0.5, 0.6) is 0 Å². The van der Waals surface area contributed by atoms with Gasteiger partial charge >= 0.3 is 0 Å². The second-order valence-corrected chi connectivity index (χ2v) is 6.70. The van der Waals surface area contributed by atoms with E-state index >= 15 is 0 Å². The summed E-state index contributed by atoms with van der Waals surface area (Å²) in [4.78, 5) is 5.33. The highest BCUT2D eigenvalue weighted by Crippen LogP contribution is 2.26. The van der Waals surface area contributed by atoms with Crippen molar-refractivity contribution in [2.75, 3.05) is 12.8 Å². The number of hydrogen-bond acceptors (Lipinski definition) is 5. The summed E-state index contributed by atoms with van der Waals surface area (Å²) in [6.07, 6.45) is 0.581. The van der Waals surface area contributed by atoms with Crippen LogP contribution in [0, 0.1) is 0 Å². The van der Waals surface area contributed by atoms with Crippen LogP contribution in [0.3, 0.4) is 0 Å². The largest absolute Gasteiger partial charge is 0.314 e. The molecule has 0 bridgehead atoms. The van der Waals surface area contributed by atoms with Crippen molar-refractivity contribution in [3.05, 3.63) is 15.6 Å². The fourth-order valence-electron chi connectivity index (χ4n) is 1.50. The van der Waals surface area contributed by atoms with E-state index in [-0.39, 0.29) is 11.5 Å². The van der Waals surface area contributed by atoms with Gasteiger partial charge in [0.1, 0.15) is 5.01 Å². The smallest absolute Gasteiger partial charge is 0.155 e. The van der Waals surface area contributed by atoms with E-state index in [0.717, 1.165) is 22.1 Å².